The van der Waals surface area contributed by atoms with Gasteiger partial charge >= 0.3 is 6.18 Å². The van der Waals surface area contributed by atoms with Crippen molar-refractivity contribution in [3.8, 4) is 0 Å². The molecule has 4 aliphatic carbocycles. The van der Waals surface area contributed by atoms with Gasteiger partial charge in [0.15, 0.2) is 11.4 Å². The van der Waals surface area contributed by atoms with Gasteiger partial charge in [0, 0.05) is 11.8 Å². The van der Waals surface area contributed by atoms with Crippen LogP contribution in [0.2, 0.25) is 0 Å². The van der Waals surface area contributed by atoms with E-state index in [1.54, 1.807) is 6.92 Å². The normalized spacial score (nSPS) is 51.3. The van der Waals surface area contributed by atoms with Crippen molar-refractivity contribution in [2.75, 3.05) is 0 Å². The van der Waals surface area contributed by atoms with E-state index in [9.17, 15) is 23.1 Å². The van der Waals surface area contributed by atoms with E-state index >= 15 is 0 Å². The third-order valence-corrected chi connectivity index (χ3v) is 8.98. The first-order valence-electron chi connectivity index (χ1n) is 9.96. The van der Waals surface area contributed by atoms with Crippen molar-refractivity contribution >= 4 is 5.78 Å². The number of allylic oxidation sites excluding steroid dienone is 2. The zero-order valence-electron chi connectivity index (χ0n) is 15.8. The van der Waals surface area contributed by atoms with E-state index in [1.165, 1.54) is 0 Å². The minimum atomic E-state index is -4.57. The molecule has 0 heterocycles. The third-order valence-electron chi connectivity index (χ3n) is 8.98. The minimum Gasteiger partial charge on any atom is -0.380 e. The number of alkyl halides is 3. The monoisotopic (exact) mass is 370 g/mol. The summed E-state index contributed by atoms with van der Waals surface area (Å²) in [6, 6.07) is 0. The van der Waals surface area contributed by atoms with Gasteiger partial charge in [0.25, 0.3) is 0 Å². The minimum absolute atomic E-state index is 0.0861. The van der Waals surface area contributed by atoms with Crippen molar-refractivity contribution < 1.29 is 23.1 Å². The summed E-state index contributed by atoms with van der Waals surface area (Å²) in [5, 5.41) is 10.7. The molecule has 146 valence electrons. The van der Waals surface area contributed by atoms with Crippen molar-refractivity contribution in [2.45, 2.75) is 77.5 Å². The Morgan fingerprint density at radius 2 is 1.73 bits per heavy atom. The number of carbonyl (C=O) groups excluding carboxylic acids is 1. The van der Waals surface area contributed by atoms with Gasteiger partial charge in [-0.2, -0.15) is 13.2 Å². The summed E-state index contributed by atoms with van der Waals surface area (Å²) in [5.41, 5.74) is -2.92. The topological polar surface area (TPSA) is 37.3 Å². The van der Waals surface area contributed by atoms with Crippen molar-refractivity contribution in [1.29, 1.82) is 0 Å². The third kappa shape index (κ3) is 2.12. The van der Waals surface area contributed by atoms with Crippen molar-refractivity contribution in [1.82, 2.24) is 0 Å². The van der Waals surface area contributed by atoms with E-state index in [4.69, 9.17) is 0 Å². The van der Waals surface area contributed by atoms with Gasteiger partial charge in [-0.25, -0.2) is 0 Å². The maximum absolute atomic E-state index is 13.7. The quantitative estimate of drug-likeness (QED) is 0.647. The van der Waals surface area contributed by atoms with Crippen LogP contribution in [0.1, 0.15) is 65.7 Å². The van der Waals surface area contributed by atoms with Crippen LogP contribution in [0.5, 0.6) is 0 Å². The fraction of sp³-hybridized carbons (Fsp3) is 0.857. The molecule has 0 spiro atoms. The van der Waals surface area contributed by atoms with E-state index in [2.05, 4.69) is 13.0 Å². The van der Waals surface area contributed by atoms with Crippen LogP contribution < -0.4 is 0 Å². The van der Waals surface area contributed by atoms with Crippen LogP contribution >= 0.6 is 0 Å². The molecule has 4 aliphatic rings. The Kier molecular flexibility index (Phi) is 3.82. The standard InChI is InChI=1S/C21H29F3O2/c1-12-11-18(2)13(10-17(12)25)4-5-14-15(18)6-8-19(3)16(14)7-9-20(19,26)21(22,23)24/h11,13-16,26H,4-10H2,1-3H3/t13-,14?,15?,16?,18+,19+,20+/m1/s1. The molecule has 26 heavy (non-hydrogen) atoms. The van der Waals surface area contributed by atoms with Gasteiger partial charge in [0.1, 0.15) is 0 Å². The number of hydrogen-bond donors (Lipinski definition) is 1. The molecule has 1 N–H and O–H groups in total. The first-order valence-corrected chi connectivity index (χ1v) is 9.96. The molecule has 0 amide bonds. The number of aliphatic hydroxyl groups is 1. The summed E-state index contributed by atoms with van der Waals surface area (Å²) in [6.07, 6.45) is 1.34. The Hall–Kier alpha value is -0.840. The van der Waals surface area contributed by atoms with E-state index in [0.29, 0.717) is 37.5 Å². The van der Waals surface area contributed by atoms with Gasteiger partial charge in [0.05, 0.1) is 0 Å². The predicted molar refractivity (Wildman–Crippen MR) is 92.3 cm³/mol. The summed E-state index contributed by atoms with van der Waals surface area (Å²) in [5.74, 6) is 0.977. The highest BCUT2D eigenvalue weighted by atomic mass is 19.4. The number of fused-ring (bicyclic) bond motifs is 5. The lowest BCUT2D eigenvalue weighted by molar-refractivity contribution is -0.303. The fourth-order valence-electron chi connectivity index (χ4n) is 7.43. The highest BCUT2D eigenvalue weighted by Crippen LogP contribution is 2.69. The van der Waals surface area contributed by atoms with Crippen molar-refractivity contribution in [3.63, 3.8) is 0 Å². The zero-order valence-corrected chi connectivity index (χ0v) is 15.8. The second kappa shape index (κ2) is 5.36. The molecular weight excluding hydrogens is 341 g/mol. The molecule has 0 bridgehead atoms. The van der Waals surface area contributed by atoms with E-state index < -0.39 is 17.2 Å². The van der Waals surface area contributed by atoms with Crippen molar-refractivity contribution in [3.05, 3.63) is 11.6 Å². The molecule has 3 fully saturated rings. The first kappa shape index (κ1) is 18.5. The molecule has 0 aromatic rings. The van der Waals surface area contributed by atoms with E-state index in [-0.39, 0.29) is 29.5 Å². The fourth-order valence-corrected chi connectivity index (χ4v) is 7.43. The summed E-state index contributed by atoms with van der Waals surface area (Å²) in [4.78, 5) is 12.2. The molecule has 0 saturated heterocycles. The second-order valence-corrected chi connectivity index (χ2v) is 9.82. The number of halogens is 3. The molecule has 3 unspecified atom stereocenters. The Labute approximate surface area is 153 Å². The lowest BCUT2D eigenvalue weighted by Crippen LogP contribution is -2.60. The second-order valence-electron chi connectivity index (χ2n) is 9.82. The van der Waals surface area contributed by atoms with Gasteiger partial charge < -0.3 is 5.11 Å². The first-order chi connectivity index (χ1) is 11.9. The molecule has 3 saturated carbocycles. The van der Waals surface area contributed by atoms with Crippen molar-refractivity contribution in [2.24, 2.45) is 34.5 Å². The van der Waals surface area contributed by atoms with Crippen LogP contribution in [0.15, 0.2) is 11.6 Å². The summed E-state index contributed by atoms with van der Waals surface area (Å²) < 4.78 is 41.2. The van der Waals surface area contributed by atoms with Gasteiger partial charge in [0.2, 0.25) is 0 Å². The van der Waals surface area contributed by atoms with Crippen LogP contribution in [0.4, 0.5) is 13.2 Å². The van der Waals surface area contributed by atoms with Gasteiger partial charge in [-0.05, 0) is 80.1 Å². The zero-order chi connectivity index (χ0) is 19.1. The summed E-state index contributed by atoms with van der Waals surface area (Å²) >= 11 is 0. The average molecular weight is 370 g/mol. The Balaban J connectivity index is 1.71. The van der Waals surface area contributed by atoms with Gasteiger partial charge in [-0.15, -0.1) is 0 Å². The molecule has 7 atom stereocenters. The smallest absolute Gasteiger partial charge is 0.380 e. The lowest BCUT2D eigenvalue weighted by atomic mass is 9.45. The summed E-state index contributed by atoms with van der Waals surface area (Å²) in [6.45, 7) is 5.77. The Morgan fingerprint density at radius 1 is 1.08 bits per heavy atom. The number of ketones is 1. The number of carbonyl (C=O) groups is 1. The molecule has 4 rings (SSSR count). The molecule has 0 aliphatic heterocycles. The molecule has 2 nitrogen and oxygen atoms in total. The molecule has 5 heteroatoms. The van der Waals surface area contributed by atoms with Crippen LogP contribution in [0.3, 0.4) is 0 Å². The van der Waals surface area contributed by atoms with E-state index in [1.807, 2.05) is 6.92 Å². The molecule has 0 aromatic heterocycles. The predicted octanol–water partition coefficient (Wildman–Crippen LogP) is 5.06. The molecule has 0 radical (unpaired) electrons. The van der Waals surface area contributed by atoms with Crippen LogP contribution in [0.25, 0.3) is 0 Å². The average Bonchev–Trinajstić information content (AvgIpc) is 2.82. The SMILES string of the molecule is CC1=C[C@]2(C)C3CC[C@@]4(C)C(CC[C@@]4(O)C(F)(F)F)C3CC[C@@H]2CC1=O. The van der Waals surface area contributed by atoms with Crippen LogP contribution in [-0.2, 0) is 4.79 Å². The Morgan fingerprint density at radius 3 is 2.38 bits per heavy atom. The Bertz CT molecular complexity index is 669. The lowest BCUT2D eigenvalue weighted by Gasteiger charge is -2.60. The van der Waals surface area contributed by atoms with Crippen LogP contribution in [0, 0.1) is 34.5 Å². The maximum atomic E-state index is 13.7. The van der Waals surface area contributed by atoms with Crippen LogP contribution in [-0.4, -0.2) is 22.7 Å². The number of Topliss-reactive ketones (excluding diaryl/α,β-unsaturated/α-hetero) is 1. The summed E-state index contributed by atoms with van der Waals surface area (Å²) in [7, 11) is 0. The van der Waals surface area contributed by atoms with Gasteiger partial charge in [-0.1, -0.05) is 19.9 Å². The largest absolute Gasteiger partial charge is 0.417 e. The highest BCUT2D eigenvalue weighted by Gasteiger charge is 2.72. The maximum Gasteiger partial charge on any atom is 0.417 e. The number of rotatable bonds is 0. The molecular formula is C21H29F3O2. The molecule has 0 aromatic carbocycles. The number of hydrogen-bond acceptors (Lipinski definition) is 2. The van der Waals surface area contributed by atoms with Gasteiger partial charge in [-0.3, -0.25) is 4.79 Å². The highest BCUT2D eigenvalue weighted by molar-refractivity contribution is 5.96. The van der Waals surface area contributed by atoms with E-state index in [0.717, 1.165) is 18.4 Å².